The third-order valence-electron chi connectivity index (χ3n) is 6.96. The van der Waals surface area contributed by atoms with E-state index in [-0.39, 0.29) is 30.4 Å². The largest absolute Gasteiger partial charge is 0.489 e. The van der Waals surface area contributed by atoms with Crippen molar-refractivity contribution in [2.45, 2.75) is 31.4 Å². The van der Waals surface area contributed by atoms with Gasteiger partial charge in [-0.2, -0.15) is 0 Å². The van der Waals surface area contributed by atoms with Gasteiger partial charge in [-0.05, 0) is 53.4 Å². The Hall–Kier alpha value is -3.90. The smallest absolute Gasteiger partial charge is 0.343 e. The number of fused-ring (bicyclic) bond motifs is 2. The van der Waals surface area contributed by atoms with E-state index in [2.05, 4.69) is 59.4 Å². The summed E-state index contributed by atoms with van der Waals surface area (Å²) >= 11 is 0. The molecular weight excluding hydrogens is 469 g/mol. The van der Waals surface area contributed by atoms with Crippen LogP contribution in [0.1, 0.15) is 42.0 Å². The topological polar surface area (TPSA) is 56.8 Å². The van der Waals surface area contributed by atoms with E-state index in [1.54, 1.807) is 12.1 Å². The fourth-order valence-electron chi connectivity index (χ4n) is 5.02. The van der Waals surface area contributed by atoms with Gasteiger partial charge in [0.1, 0.15) is 11.9 Å². The summed E-state index contributed by atoms with van der Waals surface area (Å²) in [6, 6.07) is 27.7. The highest BCUT2D eigenvalue weighted by atomic mass is 19.1. The van der Waals surface area contributed by atoms with Gasteiger partial charge < -0.3 is 19.5 Å². The van der Waals surface area contributed by atoms with Crippen LogP contribution in [0, 0.1) is 5.82 Å². The third-order valence-corrected chi connectivity index (χ3v) is 6.96. The molecule has 6 heteroatoms. The zero-order chi connectivity index (χ0) is 25.8. The van der Waals surface area contributed by atoms with Crippen molar-refractivity contribution in [1.82, 2.24) is 5.32 Å². The van der Waals surface area contributed by atoms with Crippen LogP contribution in [0.3, 0.4) is 0 Å². The number of halogens is 1. The first-order chi connectivity index (χ1) is 18.0. The molecule has 0 saturated heterocycles. The lowest BCUT2D eigenvalue weighted by atomic mass is 9.84. The van der Waals surface area contributed by atoms with E-state index >= 15 is 0 Å². The molecule has 0 fully saturated rings. The second-order valence-corrected chi connectivity index (χ2v) is 9.32. The Morgan fingerprint density at radius 2 is 1.84 bits per heavy atom. The molecule has 1 N–H and O–H groups in total. The van der Waals surface area contributed by atoms with Gasteiger partial charge in [0.25, 0.3) is 0 Å². The number of methoxy groups -OCH3 is 1. The van der Waals surface area contributed by atoms with Gasteiger partial charge in [0, 0.05) is 24.1 Å². The normalized spacial score (nSPS) is 17.5. The van der Waals surface area contributed by atoms with Crippen molar-refractivity contribution < 1.29 is 23.4 Å². The van der Waals surface area contributed by atoms with Gasteiger partial charge in [0.15, 0.2) is 18.2 Å². The number of nitrogens with one attached hydrogen (secondary N) is 1. The standard InChI is InChI=1S/C31H30FNO4/c1-20(24-12-7-9-21-8-3-4-10-25(21)24)33-18-23-17-27(26-11-5-6-13-29(26)37-23)22-14-15-28(32)30(16-22)36-19-31(34)35-2/h3-16,20,23,27,33H,17-19H2,1-2H3. The average molecular weight is 500 g/mol. The van der Waals surface area contributed by atoms with Crippen molar-refractivity contribution in [2.75, 3.05) is 20.3 Å². The highest BCUT2D eigenvalue weighted by Crippen LogP contribution is 2.41. The molecule has 5 rings (SSSR count). The van der Waals surface area contributed by atoms with Crippen molar-refractivity contribution in [3.63, 3.8) is 0 Å². The molecular formula is C31H30FNO4. The molecule has 1 heterocycles. The van der Waals surface area contributed by atoms with Gasteiger partial charge in [0.2, 0.25) is 0 Å². The van der Waals surface area contributed by atoms with Crippen LogP contribution in [0.25, 0.3) is 10.8 Å². The molecule has 0 amide bonds. The Bertz CT molecular complexity index is 1400. The van der Waals surface area contributed by atoms with Crippen molar-refractivity contribution >= 4 is 16.7 Å². The Balaban J connectivity index is 1.35. The SMILES string of the molecule is COC(=O)COc1cc(C2CC(CNC(C)c3cccc4ccccc34)Oc3ccccc32)ccc1F. The van der Waals surface area contributed by atoms with E-state index in [4.69, 9.17) is 9.47 Å². The summed E-state index contributed by atoms with van der Waals surface area (Å²) in [5.41, 5.74) is 3.20. The Morgan fingerprint density at radius 1 is 1.05 bits per heavy atom. The minimum Gasteiger partial charge on any atom is -0.489 e. The summed E-state index contributed by atoms with van der Waals surface area (Å²) in [6.45, 7) is 2.48. The van der Waals surface area contributed by atoms with Crippen LogP contribution < -0.4 is 14.8 Å². The van der Waals surface area contributed by atoms with Crippen molar-refractivity contribution in [1.29, 1.82) is 0 Å². The van der Waals surface area contributed by atoms with E-state index in [0.717, 1.165) is 16.9 Å². The molecule has 3 atom stereocenters. The van der Waals surface area contributed by atoms with Gasteiger partial charge in [-0.25, -0.2) is 9.18 Å². The maximum atomic E-state index is 14.4. The number of esters is 1. The Morgan fingerprint density at radius 3 is 2.70 bits per heavy atom. The molecule has 4 aromatic rings. The molecule has 1 aliphatic heterocycles. The van der Waals surface area contributed by atoms with Crippen LogP contribution in [0.15, 0.2) is 84.9 Å². The number of rotatable bonds is 8. The lowest BCUT2D eigenvalue weighted by Gasteiger charge is -2.33. The van der Waals surface area contributed by atoms with Crippen LogP contribution >= 0.6 is 0 Å². The van der Waals surface area contributed by atoms with Crippen LogP contribution in [0.2, 0.25) is 0 Å². The minimum absolute atomic E-state index is 0.00862. The molecule has 0 radical (unpaired) electrons. The zero-order valence-corrected chi connectivity index (χ0v) is 20.9. The van der Waals surface area contributed by atoms with Crippen molar-refractivity contribution in [3.05, 3.63) is 107 Å². The number of para-hydroxylation sites is 1. The third kappa shape index (κ3) is 5.44. The van der Waals surface area contributed by atoms with Gasteiger partial charge in [0.05, 0.1) is 7.11 Å². The van der Waals surface area contributed by atoms with Crippen LogP contribution in [-0.4, -0.2) is 32.3 Å². The van der Waals surface area contributed by atoms with Gasteiger partial charge in [-0.15, -0.1) is 0 Å². The monoisotopic (exact) mass is 499 g/mol. The fourth-order valence-corrected chi connectivity index (χ4v) is 5.02. The van der Waals surface area contributed by atoms with Gasteiger partial charge in [-0.3, -0.25) is 0 Å². The van der Waals surface area contributed by atoms with E-state index in [0.29, 0.717) is 13.0 Å². The quantitative estimate of drug-likeness (QED) is 0.294. The number of benzene rings is 4. The van der Waals surface area contributed by atoms with Gasteiger partial charge in [-0.1, -0.05) is 66.7 Å². The number of carbonyl (C=O) groups is 1. The number of hydrogen-bond acceptors (Lipinski definition) is 5. The second kappa shape index (κ2) is 11.0. The summed E-state index contributed by atoms with van der Waals surface area (Å²) in [7, 11) is 1.27. The highest BCUT2D eigenvalue weighted by molar-refractivity contribution is 5.86. The molecule has 0 spiro atoms. The average Bonchev–Trinajstić information content (AvgIpc) is 2.94. The minimum atomic E-state index is -0.562. The lowest BCUT2D eigenvalue weighted by molar-refractivity contribution is -0.142. The summed E-state index contributed by atoms with van der Waals surface area (Å²) in [4.78, 5) is 11.5. The van der Waals surface area contributed by atoms with Crippen LogP contribution in [0.4, 0.5) is 4.39 Å². The van der Waals surface area contributed by atoms with E-state index in [1.165, 1.54) is 29.5 Å². The summed E-state index contributed by atoms with van der Waals surface area (Å²) in [5, 5.41) is 6.12. The maximum absolute atomic E-state index is 14.4. The maximum Gasteiger partial charge on any atom is 0.343 e. The van der Waals surface area contributed by atoms with Crippen molar-refractivity contribution in [3.8, 4) is 11.5 Å². The molecule has 5 nitrogen and oxygen atoms in total. The van der Waals surface area contributed by atoms with Crippen molar-refractivity contribution in [2.24, 2.45) is 0 Å². The predicted molar refractivity (Wildman–Crippen MR) is 142 cm³/mol. The molecule has 4 aromatic carbocycles. The van der Waals surface area contributed by atoms with Crippen LogP contribution in [0.5, 0.6) is 11.5 Å². The summed E-state index contributed by atoms with van der Waals surface area (Å²) in [5.74, 6) is -0.232. The Labute approximate surface area is 216 Å². The molecule has 0 aromatic heterocycles. The Kier molecular flexibility index (Phi) is 7.37. The first-order valence-electron chi connectivity index (χ1n) is 12.5. The lowest BCUT2D eigenvalue weighted by Crippen LogP contribution is -2.37. The summed E-state index contributed by atoms with van der Waals surface area (Å²) in [6.07, 6.45) is 0.635. The zero-order valence-electron chi connectivity index (χ0n) is 20.9. The molecule has 1 aliphatic rings. The first-order valence-corrected chi connectivity index (χ1v) is 12.5. The van der Waals surface area contributed by atoms with E-state index in [1.807, 2.05) is 24.3 Å². The molecule has 37 heavy (non-hydrogen) atoms. The second-order valence-electron chi connectivity index (χ2n) is 9.32. The first kappa shape index (κ1) is 24.8. The molecule has 0 saturated carbocycles. The number of ether oxygens (including phenoxy) is 3. The fraction of sp³-hybridized carbons (Fsp3) is 0.258. The number of carbonyl (C=O) groups excluding carboxylic acids is 1. The van der Waals surface area contributed by atoms with Gasteiger partial charge >= 0.3 is 5.97 Å². The molecule has 3 unspecified atom stereocenters. The molecule has 0 bridgehead atoms. The number of hydrogen-bond donors (Lipinski definition) is 1. The molecule has 0 aliphatic carbocycles. The summed E-state index contributed by atoms with van der Waals surface area (Å²) < 4.78 is 30.8. The molecule has 190 valence electrons. The predicted octanol–water partition coefficient (Wildman–Crippen LogP) is 6.16. The van der Waals surface area contributed by atoms with Crippen LogP contribution in [-0.2, 0) is 9.53 Å². The highest BCUT2D eigenvalue weighted by Gasteiger charge is 2.30. The van der Waals surface area contributed by atoms with E-state index < -0.39 is 11.8 Å². The van der Waals surface area contributed by atoms with E-state index in [9.17, 15) is 9.18 Å².